The van der Waals surface area contributed by atoms with Gasteiger partial charge < -0.3 is 10.2 Å². The largest absolute Gasteiger partial charge is 0.481 e. The predicted octanol–water partition coefficient (Wildman–Crippen LogP) is 2.19. The normalized spacial score (nSPS) is 10.6. The summed E-state index contributed by atoms with van der Waals surface area (Å²) in [6.45, 7) is 0. The minimum atomic E-state index is -0.862. The maximum atomic E-state index is 10.4. The van der Waals surface area contributed by atoms with Crippen molar-refractivity contribution in [2.24, 2.45) is 0 Å². The van der Waals surface area contributed by atoms with Gasteiger partial charge in [-0.15, -0.1) is 0 Å². The highest BCUT2D eigenvalue weighted by Crippen LogP contribution is 2.08. The Bertz CT molecular complexity index is 418. The number of hydrogen-bond acceptors (Lipinski definition) is 2. The molecule has 0 aliphatic carbocycles. The van der Waals surface area contributed by atoms with Crippen LogP contribution >= 0.6 is 0 Å². The van der Waals surface area contributed by atoms with Crippen molar-refractivity contribution in [1.29, 1.82) is 0 Å². The summed E-state index contributed by atoms with van der Waals surface area (Å²) in [7, 11) is 0. The molecule has 0 bridgehead atoms. The average molecular weight is 234 g/mol. The number of aryl methyl sites for hydroxylation is 1. The van der Waals surface area contributed by atoms with Crippen LogP contribution < -0.4 is 0 Å². The lowest BCUT2D eigenvalue weighted by atomic mass is 10.1. The zero-order valence-electron chi connectivity index (χ0n) is 9.30. The van der Waals surface area contributed by atoms with Gasteiger partial charge in [0.1, 0.15) is 0 Å². The van der Waals surface area contributed by atoms with Crippen LogP contribution in [0.2, 0.25) is 0 Å². The van der Waals surface area contributed by atoms with Gasteiger partial charge >= 0.3 is 11.9 Å². The Hall–Kier alpha value is -2.10. The Morgan fingerprint density at radius 2 is 1.71 bits per heavy atom. The fourth-order valence-corrected chi connectivity index (χ4v) is 1.34. The van der Waals surface area contributed by atoms with Gasteiger partial charge in [-0.05, 0) is 17.5 Å². The standard InChI is InChI=1S/C13H14O4/c14-12(15)3-1-2-10-4-6-11(7-5-10)8-9-13(16)17/h1-2,4-7H,3,8-9H2,(H,14,15)(H,16,17). The minimum absolute atomic E-state index is 0.000760. The molecule has 90 valence electrons. The van der Waals surface area contributed by atoms with E-state index in [9.17, 15) is 9.59 Å². The van der Waals surface area contributed by atoms with Gasteiger partial charge in [-0.25, -0.2) is 0 Å². The summed E-state index contributed by atoms with van der Waals surface area (Å²) in [6.07, 6.45) is 3.94. The van der Waals surface area contributed by atoms with Crippen molar-refractivity contribution < 1.29 is 19.8 Å². The molecule has 0 aliphatic rings. The summed E-state index contributed by atoms with van der Waals surface area (Å²) in [4.78, 5) is 20.7. The molecule has 1 aromatic rings. The first kappa shape index (κ1) is 13.0. The lowest BCUT2D eigenvalue weighted by Crippen LogP contribution is -1.97. The molecule has 0 aliphatic heterocycles. The molecule has 0 heterocycles. The van der Waals surface area contributed by atoms with Crippen molar-refractivity contribution in [1.82, 2.24) is 0 Å². The highest BCUT2D eigenvalue weighted by molar-refractivity contribution is 5.70. The van der Waals surface area contributed by atoms with Gasteiger partial charge in [0.15, 0.2) is 0 Å². The van der Waals surface area contributed by atoms with E-state index >= 15 is 0 Å². The lowest BCUT2D eigenvalue weighted by molar-refractivity contribution is -0.137. The van der Waals surface area contributed by atoms with Gasteiger partial charge in [-0.2, -0.15) is 0 Å². The van der Waals surface area contributed by atoms with E-state index in [0.29, 0.717) is 6.42 Å². The van der Waals surface area contributed by atoms with Crippen LogP contribution in [0.25, 0.3) is 6.08 Å². The molecule has 1 rings (SSSR count). The molecule has 0 saturated heterocycles. The first-order valence-corrected chi connectivity index (χ1v) is 5.27. The fraction of sp³-hybridized carbons (Fsp3) is 0.231. The predicted molar refractivity (Wildman–Crippen MR) is 63.7 cm³/mol. The second-order valence-electron chi connectivity index (χ2n) is 3.64. The van der Waals surface area contributed by atoms with Crippen LogP contribution in [0.3, 0.4) is 0 Å². The molecule has 0 fully saturated rings. The molecule has 1 aromatic carbocycles. The second kappa shape index (κ2) is 6.48. The monoisotopic (exact) mass is 234 g/mol. The van der Waals surface area contributed by atoms with Crippen LogP contribution in [-0.2, 0) is 16.0 Å². The highest BCUT2D eigenvalue weighted by Gasteiger charge is 1.98. The minimum Gasteiger partial charge on any atom is -0.481 e. The smallest absolute Gasteiger partial charge is 0.307 e. The molecule has 4 nitrogen and oxygen atoms in total. The van der Waals surface area contributed by atoms with E-state index < -0.39 is 11.9 Å². The number of carbonyl (C=O) groups is 2. The fourth-order valence-electron chi connectivity index (χ4n) is 1.34. The van der Waals surface area contributed by atoms with Crippen molar-refractivity contribution in [3.63, 3.8) is 0 Å². The van der Waals surface area contributed by atoms with Gasteiger partial charge in [0, 0.05) is 6.42 Å². The Balaban J connectivity index is 2.52. The number of carboxylic acids is 2. The molecule has 0 aromatic heterocycles. The first-order valence-electron chi connectivity index (χ1n) is 5.27. The quantitative estimate of drug-likeness (QED) is 0.791. The summed E-state index contributed by atoms with van der Waals surface area (Å²) in [6, 6.07) is 7.39. The third kappa shape index (κ3) is 5.51. The van der Waals surface area contributed by atoms with Gasteiger partial charge in [-0.3, -0.25) is 9.59 Å². The summed E-state index contributed by atoms with van der Waals surface area (Å²) >= 11 is 0. The number of carboxylic acid groups (broad SMARTS) is 2. The molecule has 17 heavy (non-hydrogen) atoms. The van der Waals surface area contributed by atoms with E-state index in [0.717, 1.165) is 11.1 Å². The topological polar surface area (TPSA) is 74.6 Å². The van der Waals surface area contributed by atoms with Crippen molar-refractivity contribution in [3.05, 3.63) is 41.5 Å². The molecule has 2 N–H and O–H groups in total. The van der Waals surface area contributed by atoms with E-state index in [-0.39, 0.29) is 12.8 Å². The Morgan fingerprint density at radius 1 is 1.06 bits per heavy atom. The molecular formula is C13H14O4. The molecule has 0 spiro atoms. The number of aliphatic carboxylic acids is 2. The van der Waals surface area contributed by atoms with Crippen LogP contribution in [0.1, 0.15) is 24.0 Å². The third-order valence-corrected chi connectivity index (χ3v) is 2.21. The first-order chi connectivity index (χ1) is 8.08. The van der Waals surface area contributed by atoms with E-state index in [1.807, 2.05) is 24.3 Å². The van der Waals surface area contributed by atoms with Gasteiger partial charge in [0.2, 0.25) is 0 Å². The van der Waals surface area contributed by atoms with E-state index in [4.69, 9.17) is 10.2 Å². The van der Waals surface area contributed by atoms with E-state index in [1.54, 1.807) is 12.2 Å². The molecule has 0 atom stereocenters. The highest BCUT2D eigenvalue weighted by atomic mass is 16.4. The Kier molecular flexibility index (Phi) is 4.94. The number of hydrogen-bond donors (Lipinski definition) is 2. The van der Waals surface area contributed by atoms with Crippen molar-refractivity contribution in [3.8, 4) is 0 Å². The molecular weight excluding hydrogens is 220 g/mol. The summed E-state index contributed by atoms with van der Waals surface area (Å²) in [5.74, 6) is -1.67. The van der Waals surface area contributed by atoms with Gasteiger partial charge in [-0.1, -0.05) is 36.4 Å². The molecule has 0 radical (unpaired) electrons. The molecule has 0 saturated carbocycles. The summed E-state index contributed by atoms with van der Waals surface area (Å²) in [5.41, 5.74) is 1.87. The van der Waals surface area contributed by atoms with Crippen molar-refractivity contribution in [2.75, 3.05) is 0 Å². The van der Waals surface area contributed by atoms with Crippen LogP contribution in [-0.4, -0.2) is 22.2 Å². The number of rotatable bonds is 6. The average Bonchev–Trinajstić information content (AvgIpc) is 2.27. The van der Waals surface area contributed by atoms with E-state index in [1.165, 1.54) is 0 Å². The maximum absolute atomic E-state index is 10.4. The SMILES string of the molecule is O=C(O)CC=Cc1ccc(CCC(=O)O)cc1. The Morgan fingerprint density at radius 3 is 2.24 bits per heavy atom. The number of benzene rings is 1. The maximum Gasteiger partial charge on any atom is 0.307 e. The van der Waals surface area contributed by atoms with Crippen LogP contribution in [0, 0.1) is 0 Å². The van der Waals surface area contributed by atoms with Gasteiger partial charge in [0.25, 0.3) is 0 Å². The van der Waals surface area contributed by atoms with Crippen LogP contribution in [0.5, 0.6) is 0 Å². The molecule has 4 heteroatoms. The summed E-state index contributed by atoms with van der Waals surface area (Å²) < 4.78 is 0. The van der Waals surface area contributed by atoms with Gasteiger partial charge in [0.05, 0.1) is 6.42 Å². The lowest BCUT2D eigenvalue weighted by Gasteiger charge is -1.99. The van der Waals surface area contributed by atoms with Crippen molar-refractivity contribution >= 4 is 18.0 Å². The third-order valence-electron chi connectivity index (χ3n) is 2.21. The second-order valence-corrected chi connectivity index (χ2v) is 3.64. The molecule has 0 unspecified atom stereocenters. The van der Waals surface area contributed by atoms with Crippen LogP contribution in [0.15, 0.2) is 30.3 Å². The zero-order valence-corrected chi connectivity index (χ0v) is 9.30. The molecule has 0 amide bonds. The summed E-state index contributed by atoms with van der Waals surface area (Å²) in [5, 5.41) is 17.0. The Labute approximate surface area is 99.2 Å². The van der Waals surface area contributed by atoms with Crippen molar-refractivity contribution in [2.45, 2.75) is 19.3 Å². The van der Waals surface area contributed by atoms with Crippen LogP contribution in [0.4, 0.5) is 0 Å². The van der Waals surface area contributed by atoms with E-state index in [2.05, 4.69) is 0 Å². The zero-order chi connectivity index (χ0) is 12.7.